The highest BCUT2D eigenvalue weighted by molar-refractivity contribution is 7.17. The van der Waals surface area contributed by atoms with Crippen LogP contribution in [0.25, 0.3) is 21.6 Å². The van der Waals surface area contributed by atoms with E-state index >= 15 is 0 Å². The maximum absolute atomic E-state index is 12.2. The second-order valence-corrected chi connectivity index (χ2v) is 6.02. The van der Waals surface area contributed by atoms with Crippen molar-refractivity contribution in [3.05, 3.63) is 45.3 Å². The SMILES string of the molecule is O=c1[nH]c(-c2cnc3ccsc3c2)nc2c1CCCC2. The number of nitrogens with one attached hydrogen (secondary N) is 1. The molecule has 0 aromatic carbocycles. The highest BCUT2D eigenvalue weighted by Gasteiger charge is 2.16. The number of aryl methyl sites for hydroxylation is 1. The van der Waals surface area contributed by atoms with Crippen LogP contribution >= 0.6 is 11.3 Å². The second-order valence-electron chi connectivity index (χ2n) is 5.07. The summed E-state index contributed by atoms with van der Waals surface area (Å²) in [5, 5.41) is 2.02. The number of hydrogen-bond donors (Lipinski definition) is 1. The number of fused-ring (bicyclic) bond motifs is 2. The van der Waals surface area contributed by atoms with Crippen molar-refractivity contribution in [1.82, 2.24) is 15.0 Å². The molecule has 0 aliphatic heterocycles. The zero-order valence-electron chi connectivity index (χ0n) is 10.8. The summed E-state index contributed by atoms with van der Waals surface area (Å²) in [4.78, 5) is 24.1. The summed E-state index contributed by atoms with van der Waals surface area (Å²) >= 11 is 1.65. The fourth-order valence-electron chi connectivity index (χ4n) is 2.72. The first-order chi connectivity index (χ1) is 9.81. The van der Waals surface area contributed by atoms with Gasteiger partial charge in [0.2, 0.25) is 0 Å². The lowest BCUT2D eigenvalue weighted by Crippen LogP contribution is -2.21. The number of nitrogens with zero attached hydrogens (tertiary/aromatic N) is 2. The molecule has 20 heavy (non-hydrogen) atoms. The Morgan fingerprint density at radius 2 is 2.15 bits per heavy atom. The van der Waals surface area contributed by atoms with Crippen molar-refractivity contribution in [2.24, 2.45) is 0 Å². The van der Waals surface area contributed by atoms with E-state index in [2.05, 4.69) is 15.0 Å². The normalized spacial score (nSPS) is 14.4. The summed E-state index contributed by atoms with van der Waals surface area (Å²) in [7, 11) is 0. The second kappa shape index (κ2) is 4.52. The van der Waals surface area contributed by atoms with Crippen LogP contribution in [0.4, 0.5) is 0 Å². The van der Waals surface area contributed by atoms with E-state index in [1.165, 1.54) is 0 Å². The molecular formula is C15H13N3OS. The third-order valence-electron chi connectivity index (χ3n) is 3.77. The lowest BCUT2D eigenvalue weighted by molar-refractivity contribution is 0.657. The zero-order chi connectivity index (χ0) is 13.5. The molecule has 0 fully saturated rings. The first-order valence-electron chi connectivity index (χ1n) is 6.77. The van der Waals surface area contributed by atoms with Crippen LogP contribution in [0, 0.1) is 0 Å². The van der Waals surface area contributed by atoms with Crippen molar-refractivity contribution >= 4 is 21.6 Å². The van der Waals surface area contributed by atoms with Crippen molar-refractivity contribution in [1.29, 1.82) is 0 Å². The molecule has 1 aliphatic rings. The molecule has 0 amide bonds. The molecule has 0 radical (unpaired) electrons. The summed E-state index contributed by atoms with van der Waals surface area (Å²) < 4.78 is 1.11. The van der Waals surface area contributed by atoms with Crippen LogP contribution in [0.3, 0.4) is 0 Å². The minimum absolute atomic E-state index is 0.0102. The van der Waals surface area contributed by atoms with Gasteiger partial charge in [-0.3, -0.25) is 9.78 Å². The Morgan fingerprint density at radius 3 is 3.10 bits per heavy atom. The predicted octanol–water partition coefficient (Wildman–Crippen LogP) is 2.93. The van der Waals surface area contributed by atoms with E-state index in [9.17, 15) is 4.79 Å². The molecule has 0 spiro atoms. The molecule has 5 heteroatoms. The summed E-state index contributed by atoms with van der Waals surface area (Å²) in [6.45, 7) is 0. The number of aromatic nitrogens is 3. The summed E-state index contributed by atoms with van der Waals surface area (Å²) in [6.07, 6.45) is 5.73. The number of thiophene rings is 1. The molecule has 3 heterocycles. The topological polar surface area (TPSA) is 58.6 Å². The summed E-state index contributed by atoms with van der Waals surface area (Å²) in [6, 6.07) is 4.04. The zero-order valence-corrected chi connectivity index (χ0v) is 11.7. The number of hydrogen-bond acceptors (Lipinski definition) is 4. The van der Waals surface area contributed by atoms with Gasteiger partial charge in [-0.1, -0.05) is 0 Å². The molecule has 100 valence electrons. The van der Waals surface area contributed by atoms with E-state index in [0.29, 0.717) is 5.82 Å². The van der Waals surface area contributed by atoms with Crippen LogP contribution < -0.4 is 5.56 Å². The highest BCUT2D eigenvalue weighted by Crippen LogP contribution is 2.24. The average molecular weight is 283 g/mol. The van der Waals surface area contributed by atoms with Gasteiger partial charge in [0, 0.05) is 17.3 Å². The maximum atomic E-state index is 12.2. The van der Waals surface area contributed by atoms with Crippen molar-refractivity contribution in [3.8, 4) is 11.4 Å². The molecule has 0 bridgehead atoms. The molecule has 0 saturated carbocycles. The standard InChI is InChI=1S/C15H13N3OS/c19-15-10-3-1-2-4-11(10)17-14(18-15)9-7-13-12(16-8-9)5-6-20-13/h5-8H,1-4H2,(H,17,18,19). The van der Waals surface area contributed by atoms with Crippen LogP contribution in [0.15, 0.2) is 28.5 Å². The van der Waals surface area contributed by atoms with Crippen LogP contribution in [-0.4, -0.2) is 15.0 Å². The first kappa shape index (κ1) is 11.8. The lowest BCUT2D eigenvalue weighted by atomic mass is 9.97. The lowest BCUT2D eigenvalue weighted by Gasteiger charge is -2.14. The van der Waals surface area contributed by atoms with Crippen LogP contribution in [-0.2, 0) is 12.8 Å². The highest BCUT2D eigenvalue weighted by atomic mass is 32.1. The summed E-state index contributed by atoms with van der Waals surface area (Å²) in [5.74, 6) is 0.637. The number of rotatable bonds is 1. The Hall–Kier alpha value is -2.01. The van der Waals surface area contributed by atoms with Gasteiger partial charge in [0.1, 0.15) is 5.82 Å². The van der Waals surface area contributed by atoms with E-state index in [4.69, 9.17) is 0 Å². The van der Waals surface area contributed by atoms with Gasteiger partial charge >= 0.3 is 0 Å². The third-order valence-corrected chi connectivity index (χ3v) is 4.62. The molecule has 1 N–H and O–H groups in total. The van der Waals surface area contributed by atoms with Gasteiger partial charge in [-0.05, 0) is 43.2 Å². The molecule has 4 nitrogen and oxygen atoms in total. The fraction of sp³-hybridized carbons (Fsp3) is 0.267. The van der Waals surface area contributed by atoms with Gasteiger partial charge in [-0.15, -0.1) is 11.3 Å². The maximum Gasteiger partial charge on any atom is 0.254 e. The molecule has 1 aliphatic carbocycles. The van der Waals surface area contributed by atoms with Crippen LogP contribution in [0.5, 0.6) is 0 Å². The van der Waals surface area contributed by atoms with Gasteiger partial charge in [-0.25, -0.2) is 4.98 Å². The molecule has 0 saturated heterocycles. The Balaban J connectivity index is 1.89. The van der Waals surface area contributed by atoms with Crippen LogP contribution in [0.2, 0.25) is 0 Å². The Morgan fingerprint density at radius 1 is 1.25 bits per heavy atom. The van der Waals surface area contributed by atoms with Crippen molar-refractivity contribution < 1.29 is 0 Å². The monoisotopic (exact) mass is 283 g/mol. The Labute approximate surface area is 119 Å². The first-order valence-corrected chi connectivity index (χ1v) is 7.65. The van der Waals surface area contributed by atoms with Gasteiger partial charge < -0.3 is 4.98 Å². The van der Waals surface area contributed by atoms with Crippen molar-refractivity contribution in [2.45, 2.75) is 25.7 Å². The number of pyridine rings is 1. The average Bonchev–Trinajstić information content (AvgIpc) is 2.94. The van der Waals surface area contributed by atoms with E-state index in [1.54, 1.807) is 17.5 Å². The molecule has 0 unspecified atom stereocenters. The van der Waals surface area contributed by atoms with Gasteiger partial charge in [0.15, 0.2) is 0 Å². The largest absolute Gasteiger partial charge is 0.306 e. The van der Waals surface area contributed by atoms with Crippen molar-refractivity contribution in [2.75, 3.05) is 0 Å². The minimum atomic E-state index is 0.0102. The smallest absolute Gasteiger partial charge is 0.254 e. The van der Waals surface area contributed by atoms with E-state index in [0.717, 1.165) is 52.7 Å². The fourth-order valence-corrected chi connectivity index (χ4v) is 3.50. The molecule has 3 aromatic rings. The predicted molar refractivity (Wildman–Crippen MR) is 80.1 cm³/mol. The molecule has 0 atom stereocenters. The van der Waals surface area contributed by atoms with E-state index < -0.39 is 0 Å². The van der Waals surface area contributed by atoms with E-state index in [-0.39, 0.29) is 5.56 Å². The quantitative estimate of drug-likeness (QED) is 0.747. The minimum Gasteiger partial charge on any atom is -0.306 e. The summed E-state index contributed by atoms with van der Waals surface area (Å²) in [5.41, 5.74) is 3.70. The van der Waals surface area contributed by atoms with Gasteiger partial charge in [-0.2, -0.15) is 0 Å². The Kier molecular flexibility index (Phi) is 2.67. The van der Waals surface area contributed by atoms with Crippen molar-refractivity contribution in [3.63, 3.8) is 0 Å². The number of H-pyrrole nitrogens is 1. The Bertz CT molecular complexity index is 850. The third kappa shape index (κ3) is 1.86. The van der Waals surface area contributed by atoms with Gasteiger partial charge in [0.25, 0.3) is 5.56 Å². The van der Waals surface area contributed by atoms with Gasteiger partial charge in [0.05, 0.1) is 15.9 Å². The number of aromatic amines is 1. The molecular weight excluding hydrogens is 270 g/mol. The molecule has 3 aromatic heterocycles. The molecule has 4 rings (SSSR count). The van der Waals surface area contributed by atoms with E-state index in [1.807, 2.05) is 17.5 Å². The van der Waals surface area contributed by atoms with Crippen LogP contribution in [0.1, 0.15) is 24.1 Å².